The number of nitrogens with zero attached hydrogens (tertiary/aromatic N) is 3. The van der Waals surface area contributed by atoms with Crippen LogP contribution in [0.5, 0.6) is 0 Å². The fraction of sp³-hybridized carbons (Fsp3) is 0.500. The highest BCUT2D eigenvalue weighted by molar-refractivity contribution is 14.1. The van der Waals surface area contributed by atoms with E-state index in [9.17, 15) is 4.79 Å². The van der Waals surface area contributed by atoms with E-state index < -0.39 is 0 Å². The molecule has 5 nitrogen and oxygen atoms in total. The average Bonchev–Trinajstić information content (AvgIpc) is 2.29. The van der Waals surface area contributed by atoms with Crippen molar-refractivity contribution < 1.29 is 4.79 Å². The molecular weight excluding hydrogens is 319 g/mol. The zero-order chi connectivity index (χ0) is 11.5. The van der Waals surface area contributed by atoms with Gasteiger partial charge in [-0.2, -0.15) is 0 Å². The standard InChI is InChI=1S/C10H13IN4O/c1-2-8-10(16)13-3-4-15(8)9-7(11)5-12-6-14-9/h5-6,8H,2-4H2,1H3,(H,13,16). The molecule has 1 aliphatic rings. The molecule has 0 spiro atoms. The lowest BCUT2D eigenvalue weighted by Gasteiger charge is -2.35. The number of anilines is 1. The van der Waals surface area contributed by atoms with E-state index in [1.54, 1.807) is 6.20 Å². The molecule has 1 N–H and O–H groups in total. The third kappa shape index (κ3) is 2.11. The first-order valence-corrected chi connectivity index (χ1v) is 6.31. The van der Waals surface area contributed by atoms with E-state index in [4.69, 9.17) is 0 Å². The molecule has 86 valence electrons. The van der Waals surface area contributed by atoms with E-state index in [-0.39, 0.29) is 11.9 Å². The molecule has 2 heterocycles. The van der Waals surface area contributed by atoms with Gasteiger partial charge in [-0.25, -0.2) is 9.97 Å². The molecule has 1 aromatic heterocycles. The van der Waals surface area contributed by atoms with Crippen LogP contribution >= 0.6 is 22.6 Å². The van der Waals surface area contributed by atoms with Crippen LogP contribution in [0.15, 0.2) is 12.5 Å². The monoisotopic (exact) mass is 332 g/mol. The number of carbonyl (C=O) groups is 1. The number of aromatic nitrogens is 2. The zero-order valence-corrected chi connectivity index (χ0v) is 11.1. The minimum atomic E-state index is -0.114. The predicted octanol–water partition coefficient (Wildman–Crippen LogP) is 0.796. The van der Waals surface area contributed by atoms with Crippen molar-refractivity contribution in [3.05, 3.63) is 16.1 Å². The van der Waals surface area contributed by atoms with Crippen molar-refractivity contribution in [2.75, 3.05) is 18.0 Å². The van der Waals surface area contributed by atoms with Crippen LogP contribution in [0.2, 0.25) is 0 Å². The molecule has 1 atom stereocenters. The van der Waals surface area contributed by atoms with Crippen LogP contribution in [0.25, 0.3) is 0 Å². The maximum atomic E-state index is 11.7. The maximum Gasteiger partial charge on any atom is 0.242 e. The van der Waals surface area contributed by atoms with E-state index in [1.807, 2.05) is 6.92 Å². The number of carbonyl (C=O) groups excluding carboxylic acids is 1. The molecule has 1 amide bonds. The maximum absolute atomic E-state index is 11.7. The molecule has 1 fully saturated rings. The van der Waals surface area contributed by atoms with Crippen LogP contribution in [-0.4, -0.2) is 35.0 Å². The molecule has 0 saturated carbocycles. The van der Waals surface area contributed by atoms with E-state index in [1.165, 1.54) is 6.33 Å². The fourth-order valence-corrected chi connectivity index (χ4v) is 2.50. The first-order valence-electron chi connectivity index (χ1n) is 5.24. The summed E-state index contributed by atoms with van der Waals surface area (Å²) in [6, 6.07) is -0.114. The van der Waals surface area contributed by atoms with E-state index in [2.05, 4.69) is 42.8 Å². The van der Waals surface area contributed by atoms with Crippen molar-refractivity contribution in [1.29, 1.82) is 0 Å². The summed E-state index contributed by atoms with van der Waals surface area (Å²) in [7, 11) is 0. The summed E-state index contributed by atoms with van der Waals surface area (Å²) in [6.07, 6.45) is 4.07. The van der Waals surface area contributed by atoms with Gasteiger partial charge in [0.2, 0.25) is 5.91 Å². The van der Waals surface area contributed by atoms with Crippen LogP contribution in [-0.2, 0) is 4.79 Å². The number of hydrogen-bond donors (Lipinski definition) is 1. The SMILES string of the molecule is CCC1C(=O)NCCN1c1ncncc1I. The topological polar surface area (TPSA) is 58.1 Å². The van der Waals surface area contributed by atoms with Gasteiger partial charge in [-0.3, -0.25) is 4.79 Å². The highest BCUT2D eigenvalue weighted by atomic mass is 127. The van der Waals surface area contributed by atoms with Crippen molar-refractivity contribution in [2.24, 2.45) is 0 Å². The first kappa shape index (κ1) is 11.6. The summed E-state index contributed by atoms with van der Waals surface area (Å²) >= 11 is 2.20. The van der Waals surface area contributed by atoms with Gasteiger partial charge in [-0.05, 0) is 29.0 Å². The smallest absolute Gasteiger partial charge is 0.242 e. The Balaban J connectivity index is 2.31. The van der Waals surface area contributed by atoms with Crippen molar-refractivity contribution in [3.63, 3.8) is 0 Å². The van der Waals surface area contributed by atoms with Gasteiger partial charge in [0.1, 0.15) is 18.2 Å². The van der Waals surface area contributed by atoms with Crippen LogP contribution in [0.3, 0.4) is 0 Å². The lowest BCUT2D eigenvalue weighted by Crippen LogP contribution is -2.55. The Morgan fingerprint density at radius 3 is 3.19 bits per heavy atom. The average molecular weight is 332 g/mol. The second-order valence-electron chi connectivity index (χ2n) is 3.60. The second kappa shape index (κ2) is 4.94. The number of hydrogen-bond acceptors (Lipinski definition) is 4. The third-order valence-corrected chi connectivity index (χ3v) is 3.40. The van der Waals surface area contributed by atoms with Gasteiger partial charge in [-0.1, -0.05) is 6.92 Å². The summed E-state index contributed by atoms with van der Waals surface area (Å²) in [5, 5.41) is 2.88. The molecule has 2 rings (SSSR count). The third-order valence-electron chi connectivity index (χ3n) is 2.64. The first-order chi connectivity index (χ1) is 7.74. The van der Waals surface area contributed by atoms with Gasteiger partial charge in [-0.15, -0.1) is 0 Å². The van der Waals surface area contributed by atoms with E-state index in [0.29, 0.717) is 6.54 Å². The van der Waals surface area contributed by atoms with Crippen molar-refractivity contribution in [1.82, 2.24) is 15.3 Å². The largest absolute Gasteiger partial charge is 0.353 e. The molecule has 1 aromatic rings. The Kier molecular flexibility index (Phi) is 3.57. The van der Waals surface area contributed by atoms with E-state index >= 15 is 0 Å². The minimum absolute atomic E-state index is 0.0863. The minimum Gasteiger partial charge on any atom is -0.353 e. The van der Waals surface area contributed by atoms with Crippen LogP contribution < -0.4 is 10.2 Å². The summed E-state index contributed by atoms with van der Waals surface area (Å²) in [5.74, 6) is 0.945. The number of nitrogens with one attached hydrogen (secondary N) is 1. The van der Waals surface area contributed by atoms with E-state index in [0.717, 1.165) is 22.4 Å². The van der Waals surface area contributed by atoms with Crippen LogP contribution in [0.1, 0.15) is 13.3 Å². The van der Waals surface area contributed by atoms with Gasteiger partial charge >= 0.3 is 0 Å². The number of piperazine rings is 1. The summed E-state index contributed by atoms with van der Waals surface area (Å²) in [6.45, 7) is 3.49. The van der Waals surface area contributed by atoms with Gasteiger partial charge in [0.05, 0.1) is 3.57 Å². The fourth-order valence-electron chi connectivity index (χ4n) is 1.89. The normalized spacial score (nSPS) is 20.8. The molecular formula is C10H13IN4O. The van der Waals surface area contributed by atoms with Crippen molar-refractivity contribution in [2.45, 2.75) is 19.4 Å². The van der Waals surface area contributed by atoms with Gasteiger partial charge in [0, 0.05) is 19.3 Å². The molecule has 1 aliphatic heterocycles. The highest BCUT2D eigenvalue weighted by Crippen LogP contribution is 2.22. The summed E-state index contributed by atoms with van der Waals surface area (Å²) < 4.78 is 0.980. The van der Waals surface area contributed by atoms with Gasteiger partial charge in [0.15, 0.2) is 0 Å². The molecule has 6 heteroatoms. The molecule has 0 aliphatic carbocycles. The molecule has 0 bridgehead atoms. The second-order valence-corrected chi connectivity index (χ2v) is 4.76. The Labute approximate surface area is 108 Å². The molecule has 1 saturated heterocycles. The Bertz CT molecular complexity index is 398. The van der Waals surface area contributed by atoms with Crippen molar-refractivity contribution in [3.8, 4) is 0 Å². The summed E-state index contributed by atoms with van der Waals surface area (Å²) in [5.41, 5.74) is 0. The number of amides is 1. The molecule has 0 radical (unpaired) electrons. The highest BCUT2D eigenvalue weighted by Gasteiger charge is 2.29. The number of halogens is 1. The Morgan fingerprint density at radius 2 is 2.50 bits per heavy atom. The Hall–Kier alpha value is -0.920. The Morgan fingerprint density at radius 1 is 1.69 bits per heavy atom. The lowest BCUT2D eigenvalue weighted by atomic mass is 10.1. The lowest BCUT2D eigenvalue weighted by molar-refractivity contribution is -0.123. The van der Waals surface area contributed by atoms with Gasteiger partial charge in [0.25, 0.3) is 0 Å². The van der Waals surface area contributed by atoms with Crippen molar-refractivity contribution >= 4 is 34.3 Å². The molecule has 16 heavy (non-hydrogen) atoms. The number of rotatable bonds is 2. The van der Waals surface area contributed by atoms with Gasteiger partial charge < -0.3 is 10.2 Å². The summed E-state index contributed by atoms with van der Waals surface area (Å²) in [4.78, 5) is 22.0. The predicted molar refractivity (Wildman–Crippen MR) is 69.2 cm³/mol. The quantitative estimate of drug-likeness (QED) is 0.814. The molecule has 1 unspecified atom stereocenters. The van der Waals surface area contributed by atoms with Crippen LogP contribution in [0.4, 0.5) is 5.82 Å². The zero-order valence-electron chi connectivity index (χ0n) is 8.98. The molecule has 0 aromatic carbocycles. The van der Waals surface area contributed by atoms with Crippen LogP contribution in [0, 0.1) is 3.57 Å².